The van der Waals surface area contributed by atoms with Crippen molar-refractivity contribution in [3.63, 3.8) is 0 Å². The molecule has 0 unspecified atom stereocenters. The highest BCUT2D eigenvalue weighted by Gasteiger charge is 2.33. The van der Waals surface area contributed by atoms with Crippen molar-refractivity contribution in [3.8, 4) is 10.9 Å². The molecule has 0 atom stereocenters. The molecule has 0 radical (unpaired) electrons. The second-order valence-electron chi connectivity index (χ2n) is 7.47. The fourth-order valence-electron chi connectivity index (χ4n) is 4.13. The van der Waals surface area contributed by atoms with E-state index in [0.29, 0.717) is 29.8 Å². The van der Waals surface area contributed by atoms with Gasteiger partial charge in [0.1, 0.15) is 11.9 Å². The number of methoxy groups -OCH3 is 1. The van der Waals surface area contributed by atoms with E-state index in [2.05, 4.69) is 9.88 Å². The van der Waals surface area contributed by atoms with E-state index in [4.69, 9.17) is 9.47 Å². The summed E-state index contributed by atoms with van der Waals surface area (Å²) in [7, 11) is -1.93. The first-order valence-electron chi connectivity index (χ1n) is 10.0. The molecule has 0 saturated carbocycles. The lowest BCUT2D eigenvalue weighted by atomic mass is 10.00. The Kier molecular flexibility index (Phi) is 6.38. The average Bonchev–Trinajstić information content (AvgIpc) is 3.27. The van der Waals surface area contributed by atoms with Crippen molar-refractivity contribution in [1.82, 2.24) is 14.2 Å². The molecule has 2 saturated heterocycles. The lowest BCUT2D eigenvalue weighted by molar-refractivity contribution is 0.0584. The molecule has 0 N–H and O–H groups in total. The van der Waals surface area contributed by atoms with Crippen molar-refractivity contribution in [2.45, 2.75) is 42.7 Å². The Balaban J connectivity index is 1.29. The Morgan fingerprint density at radius 1 is 1.10 bits per heavy atom. The van der Waals surface area contributed by atoms with Gasteiger partial charge in [-0.05, 0) is 37.8 Å². The van der Waals surface area contributed by atoms with Crippen LogP contribution in [0.2, 0.25) is 0 Å². The number of ether oxygens (including phenoxy) is 2. The van der Waals surface area contributed by atoms with E-state index < -0.39 is 10.0 Å². The molecule has 0 aliphatic carbocycles. The SMILES string of the molecule is COc1cccc(S(=O)(=O)N2CCC(N3CCC(Oc4nccs4)CC3)CC2)c1. The van der Waals surface area contributed by atoms with Gasteiger partial charge in [0.25, 0.3) is 5.19 Å². The number of nitrogens with zero attached hydrogens (tertiary/aromatic N) is 3. The third-order valence-electron chi connectivity index (χ3n) is 5.77. The number of sulfonamides is 1. The zero-order valence-corrected chi connectivity index (χ0v) is 18.2. The molecule has 158 valence electrons. The van der Waals surface area contributed by atoms with Gasteiger partial charge in [-0.2, -0.15) is 4.31 Å². The number of thiazole rings is 1. The number of benzene rings is 1. The molecule has 0 spiro atoms. The van der Waals surface area contributed by atoms with E-state index >= 15 is 0 Å². The maximum atomic E-state index is 13.0. The van der Waals surface area contributed by atoms with Gasteiger partial charge in [-0.15, -0.1) is 0 Å². The third-order valence-corrected chi connectivity index (χ3v) is 8.33. The van der Waals surface area contributed by atoms with Crippen LogP contribution in [0.25, 0.3) is 0 Å². The summed E-state index contributed by atoms with van der Waals surface area (Å²) in [5, 5.41) is 2.68. The van der Waals surface area contributed by atoms with Gasteiger partial charge in [0.2, 0.25) is 10.0 Å². The number of rotatable bonds is 6. The minimum absolute atomic E-state index is 0.228. The van der Waals surface area contributed by atoms with Crippen molar-refractivity contribution in [2.24, 2.45) is 0 Å². The summed E-state index contributed by atoms with van der Waals surface area (Å²) in [6.45, 7) is 3.09. The molecule has 0 amide bonds. The Bertz CT molecular complexity index is 888. The summed E-state index contributed by atoms with van der Waals surface area (Å²) in [5.41, 5.74) is 0. The van der Waals surface area contributed by atoms with Crippen LogP contribution in [0.5, 0.6) is 10.9 Å². The first-order chi connectivity index (χ1) is 14.1. The molecule has 2 aliphatic rings. The number of likely N-dealkylation sites (tertiary alicyclic amines) is 1. The first kappa shape index (κ1) is 20.6. The maximum Gasteiger partial charge on any atom is 0.273 e. The van der Waals surface area contributed by atoms with Gasteiger partial charge in [0, 0.05) is 49.9 Å². The molecular formula is C20H27N3O4S2. The van der Waals surface area contributed by atoms with E-state index in [1.165, 1.54) is 11.3 Å². The molecule has 2 fully saturated rings. The predicted molar refractivity (Wildman–Crippen MR) is 112 cm³/mol. The fourth-order valence-corrected chi connectivity index (χ4v) is 6.19. The molecule has 0 bridgehead atoms. The van der Waals surface area contributed by atoms with Gasteiger partial charge < -0.3 is 14.4 Å². The molecule has 7 nitrogen and oxygen atoms in total. The molecule has 29 heavy (non-hydrogen) atoms. The summed E-state index contributed by atoms with van der Waals surface area (Å²) in [6.07, 6.45) is 5.69. The number of piperidine rings is 2. The summed E-state index contributed by atoms with van der Waals surface area (Å²) in [6, 6.07) is 7.14. The molecular weight excluding hydrogens is 410 g/mol. The van der Waals surface area contributed by atoms with Crippen LogP contribution in [0.3, 0.4) is 0 Å². The zero-order chi connectivity index (χ0) is 20.3. The van der Waals surface area contributed by atoms with E-state index in [0.717, 1.165) is 44.0 Å². The predicted octanol–water partition coefficient (Wildman–Crippen LogP) is 2.85. The van der Waals surface area contributed by atoms with Crippen LogP contribution in [0.1, 0.15) is 25.7 Å². The van der Waals surface area contributed by atoms with E-state index in [9.17, 15) is 8.42 Å². The molecule has 1 aromatic heterocycles. The largest absolute Gasteiger partial charge is 0.497 e. The van der Waals surface area contributed by atoms with Crippen molar-refractivity contribution in [1.29, 1.82) is 0 Å². The minimum Gasteiger partial charge on any atom is -0.497 e. The van der Waals surface area contributed by atoms with Crippen molar-refractivity contribution < 1.29 is 17.9 Å². The Hall–Kier alpha value is -1.68. The van der Waals surface area contributed by atoms with Crippen LogP contribution >= 0.6 is 11.3 Å². The monoisotopic (exact) mass is 437 g/mol. The molecule has 4 rings (SSSR count). The maximum absolute atomic E-state index is 13.0. The lowest BCUT2D eigenvalue weighted by Gasteiger charge is -2.41. The van der Waals surface area contributed by atoms with Crippen LogP contribution in [-0.2, 0) is 10.0 Å². The summed E-state index contributed by atoms with van der Waals surface area (Å²) in [4.78, 5) is 7.00. The summed E-state index contributed by atoms with van der Waals surface area (Å²) in [5.74, 6) is 0.559. The highest BCUT2D eigenvalue weighted by atomic mass is 32.2. The lowest BCUT2D eigenvalue weighted by Crippen LogP contribution is -2.50. The van der Waals surface area contributed by atoms with Gasteiger partial charge in [-0.25, -0.2) is 13.4 Å². The molecule has 1 aromatic carbocycles. The van der Waals surface area contributed by atoms with Crippen LogP contribution in [-0.4, -0.2) is 68.0 Å². The third kappa shape index (κ3) is 4.74. The van der Waals surface area contributed by atoms with Gasteiger partial charge in [-0.3, -0.25) is 0 Å². The van der Waals surface area contributed by atoms with Crippen LogP contribution < -0.4 is 9.47 Å². The first-order valence-corrected chi connectivity index (χ1v) is 12.3. The second-order valence-corrected chi connectivity index (χ2v) is 10.3. The summed E-state index contributed by atoms with van der Waals surface area (Å²) >= 11 is 1.53. The minimum atomic E-state index is -3.48. The van der Waals surface area contributed by atoms with E-state index in [1.807, 2.05) is 5.38 Å². The second kappa shape index (κ2) is 8.99. The molecule has 2 aromatic rings. The van der Waals surface area contributed by atoms with Crippen LogP contribution in [0.15, 0.2) is 40.7 Å². The highest BCUT2D eigenvalue weighted by Crippen LogP contribution is 2.28. The quantitative estimate of drug-likeness (QED) is 0.692. The Morgan fingerprint density at radius 3 is 2.52 bits per heavy atom. The standard InChI is InChI=1S/C20H27N3O4S2/c1-26-18-3-2-4-19(15-18)29(24,25)23-12-5-16(6-13-23)22-10-7-17(8-11-22)27-20-21-9-14-28-20/h2-4,9,14-17H,5-8,10-13H2,1H3. The smallest absolute Gasteiger partial charge is 0.273 e. The van der Waals surface area contributed by atoms with Gasteiger partial charge in [-0.1, -0.05) is 17.4 Å². The Labute approximate surface area is 176 Å². The molecule has 2 aliphatic heterocycles. The normalized spacial score (nSPS) is 20.6. The van der Waals surface area contributed by atoms with Gasteiger partial charge in [0.15, 0.2) is 0 Å². The van der Waals surface area contributed by atoms with Crippen LogP contribution in [0, 0.1) is 0 Å². The number of aromatic nitrogens is 1. The highest BCUT2D eigenvalue weighted by molar-refractivity contribution is 7.89. The van der Waals surface area contributed by atoms with Crippen molar-refractivity contribution in [2.75, 3.05) is 33.3 Å². The zero-order valence-electron chi connectivity index (χ0n) is 16.6. The van der Waals surface area contributed by atoms with Gasteiger partial charge >= 0.3 is 0 Å². The molecule has 3 heterocycles. The average molecular weight is 438 g/mol. The van der Waals surface area contributed by atoms with Crippen LogP contribution in [0.4, 0.5) is 0 Å². The van der Waals surface area contributed by atoms with Crippen molar-refractivity contribution in [3.05, 3.63) is 35.8 Å². The number of hydrogen-bond acceptors (Lipinski definition) is 7. The van der Waals surface area contributed by atoms with Gasteiger partial charge in [0.05, 0.1) is 12.0 Å². The van der Waals surface area contributed by atoms with E-state index in [1.54, 1.807) is 41.9 Å². The number of hydrogen-bond donors (Lipinski definition) is 0. The summed E-state index contributed by atoms with van der Waals surface area (Å²) < 4.78 is 38.7. The fraction of sp³-hybridized carbons (Fsp3) is 0.550. The molecule has 9 heteroatoms. The van der Waals surface area contributed by atoms with E-state index in [-0.39, 0.29) is 6.10 Å². The van der Waals surface area contributed by atoms with Crippen molar-refractivity contribution >= 4 is 21.4 Å². The Morgan fingerprint density at radius 2 is 1.86 bits per heavy atom. The topological polar surface area (TPSA) is 72.0 Å².